The van der Waals surface area contributed by atoms with Crippen LogP contribution in [0.2, 0.25) is 0 Å². The van der Waals surface area contributed by atoms with Gasteiger partial charge in [-0.15, -0.1) is 0 Å². The molecule has 0 saturated heterocycles. The fourth-order valence-electron chi connectivity index (χ4n) is 2.12. The van der Waals surface area contributed by atoms with Gasteiger partial charge in [0.1, 0.15) is 5.82 Å². The van der Waals surface area contributed by atoms with Gasteiger partial charge >= 0.3 is 24.3 Å². The third-order valence-corrected chi connectivity index (χ3v) is 3.61. The molecule has 3 N–H and O–H groups in total. The van der Waals surface area contributed by atoms with Crippen LogP contribution < -0.4 is 0 Å². The molecule has 0 fully saturated rings. The highest BCUT2D eigenvalue weighted by atomic mass is 19.4. The number of carboxylic acid groups (broad SMARTS) is 2. The molecule has 0 saturated carbocycles. The molecule has 0 aliphatic heterocycles. The minimum absolute atomic E-state index is 0.815. The monoisotopic (exact) mass is 483 g/mol. The first kappa shape index (κ1) is 27.4. The summed E-state index contributed by atoms with van der Waals surface area (Å²) in [5.41, 5.74) is 2.12. The second kappa shape index (κ2) is 11.8. The number of hydrogen-bond donors (Lipinski definition) is 3. The molecule has 0 amide bonds. The van der Waals surface area contributed by atoms with Crippen molar-refractivity contribution in [3.8, 4) is 0 Å². The van der Waals surface area contributed by atoms with Crippen molar-refractivity contribution in [1.82, 2.24) is 24.6 Å². The molecular formula is C18H19F6N5O4. The van der Waals surface area contributed by atoms with Gasteiger partial charge in [-0.2, -0.15) is 31.4 Å². The van der Waals surface area contributed by atoms with Crippen molar-refractivity contribution in [2.45, 2.75) is 25.4 Å². The lowest BCUT2D eigenvalue weighted by Crippen LogP contribution is -2.23. The summed E-state index contributed by atoms with van der Waals surface area (Å²) in [5.74, 6) is -4.51. The van der Waals surface area contributed by atoms with Gasteiger partial charge in [-0.25, -0.2) is 14.6 Å². The number of aliphatic carboxylic acids is 2. The highest BCUT2D eigenvalue weighted by Crippen LogP contribution is 2.14. The van der Waals surface area contributed by atoms with E-state index in [0.717, 1.165) is 36.5 Å². The van der Waals surface area contributed by atoms with E-state index in [1.165, 1.54) is 0 Å². The fraction of sp³-hybridized carbons (Fsp3) is 0.333. The van der Waals surface area contributed by atoms with E-state index in [2.05, 4.69) is 33.1 Å². The van der Waals surface area contributed by atoms with Crippen molar-refractivity contribution < 1.29 is 46.1 Å². The number of para-hydroxylation sites is 2. The Morgan fingerprint density at radius 3 is 2.03 bits per heavy atom. The number of H-pyrrole nitrogens is 1. The maximum absolute atomic E-state index is 10.6. The van der Waals surface area contributed by atoms with Gasteiger partial charge in [0.25, 0.3) is 0 Å². The van der Waals surface area contributed by atoms with Crippen molar-refractivity contribution in [2.24, 2.45) is 0 Å². The lowest BCUT2D eigenvalue weighted by molar-refractivity contribution is -0.193. The standard InChI is InChI=1S/C14H17N5.2C2HF3O2/c1-18(9-10-19-8-4-7-15-19)11-14-16-12-5-2-3-6-13(12)17-14;2*3-2(4,5)1(6)7/h2-8H,9-11H2,1H3,(H,16,17);2*(H,6,7). The molecule has 33 heavy (non-hydrogen) atoms. The molecule has 3 rings (SSSR count). The predicted octanol–water partition coefficient (Wildman–Crippen LogP) is 3.16. The number of nitrogens with one attached hydrogen (secondary N) is 1. The Balaban J connectivity index is 0.000000324. The van der Waals surface area contributed by atoms with E-state index in [4.69, 9.17) is 19.8 Å². The molecule has 2 aromatic heterocycles. The zero-order valence-electron chi connectivity index (χ0n) is 16.9. The van der Waals surface area contributed by atoms with Crippen LogP contribution in [-0.2, 0) is 22.7 Å². The molecule has 15 heteroatoms. The largest absolute Gasteiger partial charge is 0.490 e. The summed E-state index contributed by atoms with van der Waals surface area (Å²) >= 11 is 0. The number of fused-ring (bicyclic) bond motifs is 1. The summed E-state index contributed by atoms with van der Waals surface area (Å²) in [4.78, 5) is 27.9. The zero-order valence-corrected chi connectivity index (χ0v) is 16.9. The summed E-state index contributed by atoms with van der Waals surface area (Å²) in [6.07, 6.45) is -6.38. The minimum Gasteiger partial charge on any atom is -0.475 e. The van der Waals surface area contributed by atoms with Crippen LogP contribution in [0, 0.1) is 0 Å². The number of halogens is 6. The molecule has 182 valence electrons. The average molecular weight is 483 g/mol. The first-order chi connectivity index (χ1) is 15.2. The molecule has 1 aromatic carbocycles. The summed E-state index contributed by atoms with van der Waals surface area (Å²) < 4.78 is 65.4. The van der Waals surface area contributed by atoms with Crippen LogP contribution in [0.3, 0.4) is 0 Å². The maximum Gasteiger partial charge on any atom is 0.490 e. The molecule has 3 aromatic rings. The van der Waals surface area contributed by atoms with Gasteiger partial charge in [0, 0.05) is 18.9 Å². The van der Waals surface area contributed by atoms with Gasteiger partial charge < -0.3 is 15.2 Å². The van der Waals surface area contributed by atoms with Crippen LogP contribution in [0.25, 0.3) is 11.0 Å². The number of likely N-dealkylation sites (N-methyl/N-ethyl adjacent to an activating group) is 1. The van der Waals surface area contributed by atoms with Gasteiger partial charge in [-0.1, -0.05) is 12.1 Å². The van der Waals surface area contributed by atoms with Gasteiger partial charge in [-0.3, -0.25) is 9.58 Å². The molecule has 9 nitrogen and oxygen atoms in total. The Bertz CT molecular complexity index is 960. The number of aromatic nitrogens is 4. The van der Waals surface area contributed by atoms with E-state index in [9.17, 15) is 26.3 Å². The Hall–Kier alpha value is -3.62. The van der Waals surface area contributed by atoms with Gasteiger partial charge in [0.15, 0.2) is 0 Å². The molecule has 0 unspecified atom stereocenters. The molecule has 0 radical (unpaired) electrons. The molecule has 2 heterocycles. The number of aromatic amines is 1. The van der Waals surface area contributed by atoms with Gasteiger partial charge in [0.05, 0.1) is 24.1 Å². The summed E-state index contributed by atoms with van der Waals surface area (Å²) in [7, 11) is 2.09. The van der Waals surface area contributed by atoms with Crippen LogP contribution >= 0.6 is 0 Å². The second-order valence-corrected chi connectivity index (χ2v) is 6.31. The van der Waals surface area contributed by atoms with E-state index in [-0.39, 0.29) is 0 Å². The van der Waals surface area contributed by atoms with Crippen LogP contribution in [0.15, 0.2) is 42.7 Å². The summed E-state index contributed by atoms with van der Waals surface area (Å²) in [6, 6.07) is 10.0. The normalized spacial score (nSPS) is 11.4. The molecular weight excluding hydrogens is 464 g/mol. The van der Waals surface area contributed by atoms with Gasteiger partial charge in [-0.05, 0) is 25.2 Å². The topological polar surface area (TPSA) is 124 Å². The Morgan fingerprint density at radius 2 is 1.58 bits per heavy atom. The quantitative estimate of drug-likeness (QED) is 0.476. The lowest BCUT2D eigenvalue weighted by Gasteiger charge is -2.14. The third-order valence-electron chi connectivity index (χ3n) is 3.61. The zero-order chi connectivity index (χ0) is 25.2. The first-order valence-corrected chi connectivity index (χ1v) is 8.90. The number of nitrogens with zero attached hydrogens (tertiary/aromatic N) is 4. The number of carbonyl (C=O) groups is 2. The van der Waals surface area contributed by atoms with Crippen LogP contribution in [0.4, 0.5) is 26.3 Å². The number of hydrogen-bond acceptors (Lipinski definition) is 5. The number of imidazole rings is 1. The first-order valence-electron chi connectivity index (χ1n) is 8.90. The number of rotatable bonds is 5. The number of carboxylic acids is 2. The SMILES string of the molecule is CN(CCn1cccn1)Cc1nc2ccccc2[nH]1.O=C(O)C(F)(F)F.O=C(O)C(F)(F)F. The Labute approximate surface area is 182 Å². The van der Waals surface area contributed by atoms with Crippen LogP contribution in [-0.4, -0.2) is 72.7 Å². The van der Waals surface area contributed by atoms with E-state index in [1.807, 2.05) is 35.1 Å². The van der Waals surface area contributed by atoms with E-state index in [0.29, 0.717) is 0 Å². The third kappa shape index (κ3) is 10.5. The van der Waals surface area contributed by atoms with Crippen LogP contribution in [0.5, 0.6) is 0 Å². The molecule has 0 spiro atoms. The van der Waals surface area contributed by atoms with E-state index >= 15 is 0 Å². The van der Waals surface area contributed by atoms with Crippen molar-refractivity contribution in [3.63, 3.8) is 0 Å². The Kier molecular flexibility index (Phi) is 9.84. The van der Waals surface area contributed by atoms with Crippen molar-refractivity contribution >= 4 is 23.0 Å². The average Bonchev–Trinajstić information content (AvgIpc) is 3.35. The minimum atomic E-state index is -5.08. The number of alkyl halides is 6. The molecule has 0 aliphatic rings. The van der Waals surface area contributed by atoms with Crippen molar-refractivity contribution in [3.05, 3.63) is 48.5 Å². The highest BCUT2D eigenvalue weighted by Gasteiger charge is 2.38. The maximum atomic E-state index is 10.6. The smallest absolute Gasteiger partial charge is 0.475 e. The summed E-state index contributed by atoms with van der Waals surface area (Å²) in [5, 5.41) is 18.4. The lowest BCUT2D eigenvalue weighted by atomic mass is 10.3. The molecule has 0 atom stereocenters. The Morgan fingerprint density at radius 1 is 1.03 bits per heavy atom. The van der Waals surface area contributed by atoms with Crippen LogP contribution in [0.1, 0.15) is 5.82 Å². The summed E-state index contributed by atoms with van der Waals surface area (Å²) in [6.45, 7) is 2.65. The van der Waals surface area contributed by atoms with Gasteiger partial charge in [0.2, 0.25) is 0 Å². The fourth-order valence-corrected chi connectivity index (χ4v) is 2.12. The van der Waals surface area contributed by atoms with Crippen molar-refractivity contribution in [1.29, 1.82) is 0 Å². The van der Waals surface area contributed by atoms with Crippen molar-refractivity contribution in [2.75, 3.05) is 13.6 Å². The predicted molar refractivity (Wildman–Crippen MR) is 102 cm³/mol. The van der Waals surface area contributed by atoms with E-state index < -0.39 is 24.3 Å². The molecule has 0 bridgehead atoms. The van der Waals surface area contributed by atoms with E-state index in [1.54, 1.807) is 6.20 Å². The number of benzene rings is 1. The molecule has 0 aliphatic carbocycles. The second-order valence-electron chi connectivity index (χ2n) is 6.31. The highest BCUT2D eigenvalue weighted by molar-refractivity contribution is 5.74.